The van der Waals surface area contributed by atoms with Gasteiger partial charge in [0.25, 0.3) is 0 Å². The molecule has 1 N–H and O–H groups in total. The summed E-state index contributed by atoms with van der Waals surface area (Å²) >= 11 is 1.70. The van der Waals surface area contributed by atoms with Crippen molar-refractivity contribution >= 4 is 11.3 Å². The van der Waals surface area contributed by atoms with Gasteiger partial charge in [-0.15, -0.1) is 0 Å². The summed E-state index contributed by atoms with van der Waals surface area (Å²) in [6.07, 6.45) is 4.24. The largest absolute Gasteiger partial charge is 0.277 e. The first-order valence-electron chi connectivity index (χ1n) is 7.43. The monoisotopic (exact) mass is 319 g/mol. The highest BCUT2D eigenvalue weighted by atomic mass is 32.1. The van der Waals surface area contributed by atoms with Crippen LogP contribution >= 0.6 is 11.3 Å². The number of nitrogens with zero attached hydrogens (tertiary/aromatic N) is 4. The molecule has 1 aromatic carbocycles. The van der Waals surface area contributed by atoms with Gasteiger partial charge in [0.1, 0.15) is 12.7 Å². The van der Waals surface area contributed by atoms with Crippen LogP contribution < -0.4 is 0 Å². The van der Waals surface area contributed by atoms with E-state index in [0.717, 1.165) is 24.4 Å². The van der Waals surface area contributed by atoms with Crippen molar-refractivity contribution < 1.29 is 0 Å². The highest BCUT2D eigenvalue weighted by Crippen LogP contribution is 2.40. The second kappa shape index (κ2) is 4.89. The third-order valence-electron chi connectivity index (χ3n) is 4.28. The van der Waals surface area contributed by atoms with Crippen LogP contribution in [0, 0.1) is 0 Å². The van der Waals surface area contributed by atoms with Gasteiger partial charge in [0.15, 0.2) is 0 Å². The van der Waals surface area contributed by atoms with E-state index in [4.69, 9.17) is 0 Å². The first kappa shape index (κ1) is 12.8. The lowest BCUT2D eigenvalue weighted by atomic mass is 10.1. The predicted molar refractivity (Wildman–Crippen MR) is 89.3 cm³/mol. The normalized spacial score (nSPS) is 12.3. The first-order chi connectivity index (χ1) is 11.4. The van der Waals surface area contributed by atoms with Crippen LogP contribution in [-0.2, 0) is 13.0 Å². The van der Waals surface area contributed by atoms with Crippen LogP contribution in [0.15, 0.2) is 47.7 Å². The maximum absolute atomic E-state index is 4.52. The number of H-pyrrole nitrogens is 1. The molecule has 23 heavy (non-hydrogen) atoms. The fourth-order valence-corrected chi connectivity index (χ4v) is 3.87. The van der Waals surface area contributed by atoms with E-state index in [1.54, 1.807) is 24.0 Å². The van der Waals surface area contributed by atoms with E-state index in [2.05, 4.69) is 55.3 Å². The first-order valence-corrected chi connectivity index (χ1v) is 8.37. The fourth-order valence-electron chi connectivity index (χ4n) is 3.23. The van der Waals surface area contributed by atoms with Crippen LogP contribution in [0.1, 0.15) is 16.7 Å². The SMILES string of the molecule is c1ncn(Cc2ccc3c(c2)Cc2c(-c4ccsc4)n[nH]c2-3)n1. The summed E-state index contributed by atoms with van der Waals surface area (Å²) in [5, 5.41) is 16.2. The molecule has 0 spiro atoms. The van der Waals surface area contributed by atoms with E-state index < -0.39 is 0 Å². The Kier molecular flexibility index (Phi) is 2.72. The van der Waals surface area contributed by atoms with Gasteiger partial charge in [-0.3, -0.25) is 5.10 Å². The van der Waals surface area contributed by atoms with Gasteiger partial charge in [-0.1, -0.05) is 18.2 Å². The molecule has 6 heteroatoms. The average Bonchev–Trinajstić information content (AvgIpc) is 3.32. The predicted octanol–water partition coefficient (Wildman–Crippen LogP) is 3.35. The maximum atomic E-state index is 4.52. The summed E-state index contributed by atoms with van der Waals surface area (Å²) < 4.78 is 1.84. The zero-order chi connectivity index (χ0) is 15.2. The molecule has 0 saturated heterocycles. The number of aromatic amines is 1. The number of aromatic nitrogens is 5. The van der Waals surface area contributed by atoms with Crippen molar-refractivity contribution in [1.29, 1.82) is 0 Å². The van der Waals surface area contributed by atoms with Crippen molar-refractivity contribution in [3.63, 3.8) is 0 Å². The zero-order valence-electron chi connectivity index (χ0n) is 12.2. The molecule has 3 heterocycles. The average molecular weight is 319 g/mol. The highest BCUT2D eigenvalue weighted by Gasteiger charge is 2.25. The molecule has 0 bridgehead atoms. The third-order valence-corrected chi connectivity index (χ3v) is 4.96. The third kappa shape index (κ3) is 2.03. The number of hydrogen-bond donors (Lipinski definition) is 1. The summed E-state index contributed by atoms with van der Waals surface area (Å²) in [6.45, 7) is 0.747. The Morgan fingerprint density at radius 3 is 3.09 bits per heavy atom. The molecule has 0 atom stereocenters. The summed E-state index contributed by atoms with van der Waals surface area (Å²) in [5.74, 6) is 0. The molecule has 1 aliphatic rings. The van der Waals surface area contributed by atoms with Gasteiger partial charge >= 0.3 is 0 Å². The molecule has 0 radical (unpaired) electrons. The Morgan fingerprint density at radius 2 is 2.26 bits per heavy atom. The Bertz CT molecular complexity index is 967. The standard InChI is InChI=1S/C17H13N5S/c1-2-14-13(5-11(1)7-22-10-18-9-19-22)6-15-16(20-21-17(14)15)12-3-4-23-8-12/h1-5,8-10H,6-7H2,(H,20,21). The molecule has 0 saturated carbocycles. The second-order valence-corrected chi connectivity index (χ2v) is 6.48. The Morgan fingerprint density at radius 1 is 1.26 bits per heavy atom. The van der Waals surface area contributed by atoms with Gasteiger partial charge in [-0.05, 0) is 22.6 Å². The van der Waals surface area contributed by atoms with Crippen molar-refractivity contribution in [2.24, 2.45) is 0 Å². The van der Waals surface area contributed by atoms with E-state index >= 15 is 0 Å². The number of rotatable bonds is 3. The molecule has 4 aromatic rings. The number of hydrogen-bond acceptors (Lipinski definition) is 4. The van der Waals surface area contributed by atoms with Crippen LogP contribution in [0.3, 0.4) is 0 Å². The van der Waals surface area contributed by atoms with E-state index in [1.807, 2.05) is 4.68 Å². The van der Waals surface area contributed by atoms with Crippen molar-refractivity contribution in [3.8, 4) is 22.5 Å². The van der Waals surface area contributed by atoms with Crippen LogP contribution in [0.25, 0.3) is 22.5 Å². The zero-order valence-corrected chi connectivity index (χ0v) is 13.0. The van der Waals surface area contributed by atoms with Crippen LogP contribution in [0.2, 0.25) is 0 Å². The van der Waals surface area contributed by atoms with E-state index in [-0.39, 0.29) is 0 Å². The number of nitrogens with one attached hydrogen (secondary N) is 1. The van der Waals surface area contributed by atoms with Gasteiger partial charge in [-0.25, -0.2) is 9.67 Å². The maximum Gasteiger partial charge on any atom is 0.137 e. The summed E-state index contributed by atoms with van der Waals surface area (Å²) in [6, 6.07) is 8.73. The van der Waals surface area contributed by atoms with E-state index in [0.29, 0.717) is 0 Å². The molecule has 0 unspecified atom stereocenters. The van der Waals surface area contributed by atoms with Crippen LogP contribution in [0.5, 0.6) is 0 Å². The lowest BCUT2D eigenvalue weighted by Gasteiger charge is -2.05. The minimum atomic E-state index is 0.747. The lowest BCUT2D eigenvalue weighted by Crippen LogP contribution is -2.00. The molecule has 0 fully saturated rings. The molecular weight excluding hydrogens is 306 g/mol. The highest BCUT2D eigenvalue weighted by molar-refractivity contribution is 7.08. The van der Waals surface area contributed by atoms with Crippen molar-refractivity contribution in [2.45, 2.75) is 13.0 Å². The molecule has 5 nitrogen and oxygen atoms in total. The molecule has 0 amide bonds. The number of benzene rings is 1. The Hall–Kier alpha value is -2.73. The minimum Gasteiger partial charge on any atom is -0.277 e. The smallest absolute Gasteiger partial charge is 0.137 e. The van der Waals surface area contributed by atoms with E-state index in [9.17, 15) is 0 Å². The van der Waals surface area contributed by atoms with Crippen molar-refractivity contribution in [2.75, 3.05) is 0 Å². The van der Waals surface area contributed by atoms with Crippen molar-refractivity contribution in [1.82, 2.24) is 25.0 Å². The van der Waals surface area contributed by atoms with Gasteiger partial charge in [0, 0.05) is 28.5 Å². The van der Waals surface area contributed by atoms with Gasteiger partial charge in [0.2, 0.25) is 0 Å². The Labute approximate surface area is 136 Å². The summed E-state index contributed by atoms with van der Waals surface area (Å²) in [4.78, 5) is 3.99. The Balaban J connectivity index is 1.52. The second-order valence-electron chi connectivity index (χ2n) is 5.70. The quantitative estimate of drug-likeness (QED) is 0.555. The fraction of sp³-hybridized carbons (Fsp3) is 0.118. The van der Waals surface area contributed by atoms with Gasteiger partial charge in [0.05, 0.1) is 17.9 Å². The summed E-state index contributed by atoms with van der Waals surface area (Å²) in [7, 11) is 0. The molecular formula is C17H13N5S. The molecule has 5 rings (SSSR count). The van der Waals surface area contributed by atoms with E-state index in [1.165, 1.54) is 27.8 Å². The van der Waals surface area contributed by atoms with Gasteiger partial charge in [-0.2, -0.15) is 21.5 Å². The molecule has 1 aliphatic carbocycles. The molecule has 3 aromatic heterocycles. The molecule has 0 aliphatic heterocycles. The van der Waals surface area contributed by atoms with Crippen LogP contribution in [-0.4, -0.2) is 25.0 Å². The minimum absolute atomic E-state index is 0.747. The molecule has 112 valence electrons. The van der Waals surface area contributed by atoms with Crippen molar-refractivity contribution in [3.05, 3.63) is 64.4 Å². The lowest BCUT2D eigenvalue weighted by molar-refractivity contribution is 0.684. The number of fused-ring (bicyclic) bond motifs is 3. The number of thiophene rings is 1. The van der Waals surface area contributed by atoms with Gasteiger partial charge < -0.3 is 0 Å². The van der Waals surface area contributed by atoms with Crippen LogP contribution in [0.4, 0.5) is 0 Å². The topological polar surface area (TPSA) is 59.4 Å². The summed E-state index contributed by atoms with van der Waals surface area (Å²) in [5.41, 5.74) is 8.59.